The van der Waals surface area contributed by atoms with E-state index in [1.54, 1.807) is 0 Å². The maximum absolute atomic E-state index is 7.23. The van der Waals surface area contributed by atoms with Crippen molar-refractivity contribution in [3.63, 3.8) is 0 Å². The van der Waals surface area contributed by atoms with Crippen molar-refractivity contribution in [3.05, 3.63) is 0 Å². The molecule has 0 aromatic rings. The van der Waals surface area contributed by atoms with E-state index in [0.717, 1.165) is 19.0 Å². The van der Waals surface area contributed by atoms with E-state index in [0.29, 0.717) is 0 Å². The molecular formula is C3H15N6O3P. The van der Waals surface area contributed by atoms with Crippen molar-refractivity contribution >= 4 is 27.6 Å². The van der Waals surface area contributed by atoms with Crippen molar-refractivity contribution in [3.8, 4) is 0 Å². The molecule has 0 unspecified atom stereocenters. The fourth-order valence-electron chi connectivity index (χ4n) is 0. The van der Waals surface area contributed by atoms with E-state index in [-0.39, 0.29) is 0 Å². The van der Waals surface area contributed by atoms with E-state index >= 15 is 0 Å². The highest BCUT2D eigenvalue weighted by Gasteiger charge is 1.76. The minimum atomic E-state index is -2.62. The van der Waals surface area contributed by atoms with Crippen LogP contribution in [0.4, 0.5) is 0 Å². The van der Waals surface area contributed by atoms with Crippen LogP contribution in [0, 0.1) is 16.2 Å². The SMILES string of the molecule is N=CN.N=CN.N=CN.OP(O)O. The van der Waals surface area contributed by atoms with Crippen LogP contribution >= 0.6 is 8.60 Å². The Morgan fingerprint density at radius 1 is 0.769 bits per heavy atom. The van der Waals surface area contributed by atoms with E-state index in [2.05, 4.69) is 17.2 Å². The van der Waals surface area contributed by atoms with E-state index in [1.165, 1.54) is 0 Å². The van der Waals surface area contributed by atoms with E-state index in [4.69, 9.17) is 30.9 Å². The molecule has 0 aromatic heterocycles. The molecule has 0 aliphatic rings. The first-order valence-electron chi connectivity index (χ1n) is 2.47. The zero-order valence-corrected chi connectivity index (χ0v) is 7.65. The van der Waals surface area contributed by atoms with Gasteiger partial charge in [0.15, 0.2) is 0 Å². The third kappa shape index (κ3) is 498. The number of rotatable bonds is 0. The van der Waals surface area contributed by atoms with Crippen LogP contribution in [0.25, 0.3) is 0 Å². The molecule has 0 atom stereocenters. The number of nitrogens with one attached hydrogen (secondary N) is 3. The lowest BCUT2D eigenvalue weighted by Crippen LogP contribution is -1.81. The molecule has 0 amide bonds. The standard InChI is InChI=1S/3CH4N2.H3O3P/c3*2-1-3;1-4(2)3/h3*1H,(H3,2,3);1-3H. The zero-order chi connectivity index (χ0) is 11.7. The van der Waals surface area contributed by atoms with Crippen molar-refractivity contribution < 1.29 is 14.7 Å². The Labute approximate surface area is 76.7 Å². The highest BCUT2D eigenvalue weighted by molar-refractivity contribution is 7.38. The summed E-state index contributed by atoms with van der Waals surface area (Å²) in [6.45, 7) is 0. The largest absolute Gasteiger partial charge is 0.390 e. The second-order valence-corrected chi connectivity index (χ2v) is 1.30. The molecule has 0 aliphatic heterocycles. The summed E-state index contributed by atoms with van der Waals surface area (Å²) in [4.78, 5) is 21.7. The van der Waals surface area contributed by atoms with Gasteiger partial charge in [0.1, 0.15) is 0 Å². The predicted molar refractivity (Wildman–Crippen MR) is 52.5 cm³/mol. The molecule has 0 saturated carbocycles. The number of hydrogen-bond acceptors (Lipinski definition) is 6. The van der Waals surface area contributed by atoms with Gasteiger partial charge in [-0.2, -0.15) is 0 Å². The molecule has 0 rings (SSSR count). The summed E-state index contributed by atoms with van der Waals surface area (Å²) >= 11 is 0. The van der Waals surface area contributed by atoms with Gasteiger partial charge < -0.3 is 31.9 Å². The fourth-order valence-corrected chi connectivity index (χ4v) is 0. The summed E-state index contributed by atoms with van der Waals surface area (Å²) in [6.07, 6.45) is 2.25. The Hall–Kier alpha value is -1.28. The molecule has 9 nitrogen and oxygen atoms in total. The lowest BCUT2D eigenvalue weighted by molar-refractivity contribution is 0.368. The first kappa shape index (κ1) is 22.6. The molecule has 0 aromatic carbocycles. The molecule has 0 aliphatic carbocycles. The molecule has 80 valence electrons. The van der Waals surface area contributed by atoms with Crippen LogP contribution in [0.1, 0.15) is 0 Å². The van der Waals surface area contributed by atoms with E-state index in [1.807, 2.05) is 0 Å². The molecule has 13 heavy (non-hydrogen) atoms. The van der Waals surface area contributed by atoms with E-state index in [9.17, 15) is 0 Å². The van der Waals surface area contributed by atoms with Gasteiger partial charge in [-0.3, -0.25) is 16.2 Å². The van der Waals surface area contributed by atoms with Crippen molar-refractivity contribution in [2.24, 2.45) is 17.2 Å². The minimum Gasteiger partial charge on any atom is -0.390 e. The summed E-state index contributed by atoms with van der Waals surface area (Å²) < 4.78 is 0. The highest BCUT2D eigenvalue weighted by atomic mass is 31.2. The van der Waals surface area contributed by atoms with E-state index < -0.39 is 8.60 Å². The van der Waals surface area contributed by atoms with Crippen LogP contribution in [-0.4, -0.2) is 33.7 Å². The number of hydrogen-bond donors (Lipinski definition) is 9. The molecule has 12 N–H and O–H groups in total. The van der Waals surface area contributed by atoms with Gasteiger partial charge in [-0.15, -0.1) is 0 Å². The molecule has 0 fully saturated rings. The van der Waals surface area contributed by atoms with Crippen LogP contribution in [0.3, 0.4) is 0 Å². The summed E-state index contributed by atoms with van der Waals surface area (Å²) in [6, 6.07) is 0. The number of nitrogens with two attached hydrogens (primary N) is 3. The van der Waals surface area contributed by atoms with Gasteiger partial charge >= 0.3 is 8.60 Å². The first-order chi connectivity index (χ1) is 5.97. The molecule has 0 radical (unpaired) electrons. The predicted octanol–water partition coefficient (Wildman–Crippen LogP) is -2.15. The van der Waals surface area contributed by atoms with Crippen LogP contribution in [0.2, 0.25) is 0 Å². The molecular weight excluding hydrogens is 199 g/mol. The van der Waals surface area contributed by atoms with Gasteiger partial charge in [0.25, 0.3) is 0 Å². The Kier molecular flexibility index (Phi) is 79.0. The summed E-state index contributed by atoms with van der Waals surface area (Å²) in [5.74, 6) is 0. The third-order valence-corrected chi connectivity index (χ3v) is 0. The van der Waals surface area contributed by atoms with Crippen molar-refractivity contribution in [1.29, 1.82) is 16.2 Å². The molecule has 0 spiro atoms. The van der Waals surface area contributed by atoms with Crippen LogP contribution in [0.5, 0.6) is 0 Å². The van der Waals surface area contributed by atoms with Crippen molar-refractivity contribution in [2.75, 3.05) is 0 Å². The molecule has 10 heteroatoms. The molecule has 0 bridgehead atoms. The average molecular weight is 214 g/mol. The Bertz CT molecular complexity index is 84.1. The van der Waals surface area contributed by atoms with Crippen LogP contribution in [0.15, 0.2) is 0 Å². The second-order valence-electron chi connectivity index (χ2n) is 0.768. The maximum atomic E-state index is 7.23. The Balaban J connectivity index is -0.0000000420. The van der Waals surface area contributed by atoms with Crippen LogP contribution in [-0.2, 0) is 0 Å². The summed E-state index contributed by atoms with van der Waals surface area (Å²) in [7, 11) is -2.62. The zero-order valence-electron chi connectivity index (χ0n) is 6.75. The maximum Gasteiger partial charge on any atom is 0.324 e. The van der Waals surface area contributed by atoms with Crippen molar-refractivity contribution in [1.82, 2.24) is 0 Å². The van der Waals surface area contributed by atoms with Gasteiger partial charge in [0, 0.05) is 0 Å². The normalized spacial score (nSPS) is 5.54. The molecule has 0 heterocycles. The lowest BCUT2D eigenvalue weighted by Gasteiger charge is -1.76. The van der Waals surface area contributed by atoms with Gasteiger partial charge in [-0.1, -0.05) is 0 Å². The summed E-state index contributed by atoms with van der Waals surface area (Å²) in [5, 5.41) is 17.6. The highest BCUT2D eigenvalue weighted by Crippen LogP contribution is 2.11. The topological polar surface area (TPSA) is 210 Å². The third-order valence-electron chi connectivity index (χ3n) is 0. The lowest BCUT2D eigenvalue weighted by atomic mass is 11.4. The Morgan fingerprint density at radius 2 is 0.769 bits per heavy atom. The van der Waals surface area contributed by atoms with Crippen molar-refractivity contribution in [2.45, 2.75) is 0 Å². The van der Waals surface area contributed by atoms with Gasteiger partial charge in [0.05, 0.1) is 19.0 Å². The summed E-state index contributed by atoms with van der Waals surface area (Å²) in [5.41, 5.74) is 13.2. The molecule has 0 saturated heterocycles. The fraction of sp³-hybridized carbons (Fsp3) is 0. The van der Waals surface area contributed by atoms with Gasteiger partial charge in [0.2, 0.25) is 0 Å². The monoisotopic (exact) mass is 214 g/mol. The second kappa shape index (κ2) is 45.5. The average Bonchev–Trinajstić information content (AvgIpc) is 1.88. The smallest absolute Gasteiger partial charge is 0.324 e. The Morgan fingerprint density at radius 3 is 0.769 bits per heavy atom. The minimum absolute atomic E-state index is 0.750. The quantitative estimate of drug-likeness (QED) is 0.124. The van der Waals surface area contributed by atoms with Gasteiger partial charge in [-0.25, -0.2) is 0 Å². The van der Waals surface area contributed by atoms with Gasteiger partial charge in [-0.05, 0) is 0 Å². The first-order valence-corrected chi connectivity index (χ1v) is 3.67. The van der Waals surface area contributed by atoms with Crippen LogP contribution < -0.4 is 17.2 Å².